The van der Waals surface area contributed by atoms with E-state index in [1.807, 2.05) is 18.2 Å². The summed E-state index contributed by atoms with van der Waals surface area (Å²) in [7, 11) is 0. The predicted octanol–water partition coefficient (Wildman–Crippen LogP) is 2.22. The second-order valence-corrected chi connectivity index (χ2v) is 7.35. The molecule has 4 fully saturated rings. The summed E-state index contributed by atoms with van der Waals surface area (Å²) in [4.78, 5) is 13.1. The maximum Gasteiger partial charge on any atom is 0.237 e. The first kappa shape index (κ1) is 13.8. The van der Waals surface area contributed by atoms with Crippen LogP contribution in [0.2, 0.25) is 0 Å². The van der Waals surface area contributed by atoms with Crippen molar-refractivity contribution < 1.29 is 9.53 Å². The van der Waals surface area contributed by atoms with Gasteiger partial charge in [-0.2, -0.15) is 0 Å². The molecule has 1 aromatic rings. The van der Waals surface area contributed by atoms with E-state index in [0.717, 1.165) is 37.2 Å². The molecule has 5 aliphatic rings. The number of nitrogens with one attached hydrogen (secondary N) is 2. The van der Waals surface area contributed by atoms with Gasteiger partial charge in [0, 0.05) is 24.2 Å². The van der Waals surface area contributed by atoms with Crippen LogP contribution in [0.4, 0.5) is 5.69 Å². The summed E-state index contributed by atoms with van der Waals surface area (Å²) in [6.07, 6.45) is 4.04. The first-order chi connectivity index (χ1) is 11.2. The highest BCUT2D eigenvalue weighted by molar-refractivity contribution is 6.07. The fourth-order valence-corrected chi connectivity index (χ4v) is 5.39. The summed E-state index contributed by atoms with van der Waals surface area (Å²) in [5.41, 5.74) is 3.06. The van der Waals surface area contributed by atoms with E-state index >= 15 is 0 Å². The Bertz CT molecular complexity index is 713. The lowest BCUT2D eigenvalue weighted by Crippen LogP contribution is -2.49. The molecular formula is C19H22N2O2. The van der Waals surface area contributed by atoms with Crippen molar-refractivity contribution in [1.82, 2.24) is 5.32 Å². The maximum absolute atomic E-state index is 13.1. The van der Waals surface area contributed by atoms with Crippen LogP contribution in [-0.2, 0) is 14.9 Å². The number of allylic oxidation sites excluding steroid dienone is 1. The van der Waals surface area contributed by atoms with Crippen molar-refractivity contribution in [3.63, 3.8) is 0 Å². The molecule has 6 rings (SSSR count). The van der Waals surface area contributed by atoms with Gasteiger partial charge in [0.25, 0.3) is 0 Å². The third-order valence-electron chi connectivity index (χ3n) is 6.56. The van der Waals surface area contributed by atoms with Crippen LogP contribution >= 0.6 is 0 Å². The van der Waals surface area contributed by atoms with Crippen molar-refractivity contribution in [3.8, 4) is 0 Å². The summed E-state index contributed by atoms with van der Waals surface area (Å²) < 4.78 is 6.27. The molecule has 4 bridgehead atoms. The molecule has 0 aromatic heterocycles. The number of ether oxygens (including phenoxy) is 1. The number of rotatable bonds is 0. The quantitative estimate of drug-likeness (QED) is 0.723. The Kier molecular flexibility index (Phi) is 2.80. The van der Waals surface area contributed by atoms with Crippen LogP contribution in [0.15, 0.2) is 35.9 Å². The van der Waals surface area contributed by atoms with Crippen molar-refractivity contribution in [2.24, 2.45) is 11.8 Å². The summed E-state index contributed by atoms with van der Waals surface area (Å²) in [5.74, 6) is 1.18. The molecule has 4 heterocycles. The summed E-state index contributed by atoms with van der Waals surface area (Å²) >= 11 is 0. The molecule has 1 saturated carbocycles. The molecule has 0 unspecified atom stereocenters. The average Bonchev–Trinajstić information content (AvgIpc) is 2.71. The lowest BCUT2D eigenvalue weighted by atomic mass is 9.72. The molecular weight excluding hydrogens is 288 g/mol. The van der Waals surface area contributed by atoms with Crippen molar-refractivity contribution in [1.29, 1.82) is 0 Å². The number of para-hydroxylation sites is 1. The van der Waals surface area contributed by atoms with Gasteiger partial charge < -0.3 is 15.4 Å². The largest absolute Gasteiger partial charge is 0.376 e. The van der Waals surface area contributed by atoms with Gasteiger partial charge in [-0.1, -0.05) is 29.8 Å². The Morgan fingerprint density at radius 2 is 2.22 bits per heavy atom. The van der Waals surface area contributed by atoms with Gasteiger partial charge >= 0.3 is 0 Å². The standard InChI is InChI=1S/C19H22N2O2/c1-2-11-9-20-16-8-19(17-7-12(11)13(16)10-23-17)14-5-3-4-6-15(14)21-18(19)22/h2-6,12-13,16-17,20H,7-10H2,1H3,(H,21,22)/b11-2-/t12-,13+,16+,17-,19+/m1/s1. The SMILES string of the molecule is C/C=C1/CN[C@H]2C[C@@]3(C(=O)Nc4ccccc43)[C@H]3C[C@H]1[C@@H]2CO3. The molecule has 23 heavy (non-hydrogen) atoms. The molecule has 1 aliphatic carbocycles. The number of amides is 1. The number of carbonyl (C=O) groups excluding carboxylic acids is 1. The maximum atomic E-state index is 13.1. The van der Waals surface area contributed by atoms with Crippen molar-refractivity contribution >= 4 is 11.6 Å². The number of hydrogen-bond donors (Lipinski definition) is 2. The number of benzene rings is 1. The Morgan fingerprint density at radius 1 is 1.35 bits per heavy atom. The first-order valence-corrected chi connectivity index (χ1v) is 8.65. The van der Waals surface area contributed by atoms with Gasteiger partial charge in [0.2, 0.25) is 5.91 Å². The van der Waals surface area contributed by atoms with Gasteiger partial charge in [-0.05, 0) is 37.3 Å². The zero-order chi connectivity index (χ0) is 15.6. The molecule has 1 amide bonds. The first-order valence-electron chi connectivity index (χ1n) is 8.65. The number of hydrogen-bond acceptors (Lipinski definition) is 3. The lowest BCUT2D eigenvalue weighted by molar-refractivity contribution is -0.129. The predicted molar refractivity (Wildman–Crippen MR) is 88.3 cm³/mol. The third kappa shape index (κ3) is 1.65. The Balaban J connectivity index is 1.67. The molecule has 1 aromatic carbocycles. The Morgan fingerprint density at radius 3 is 3.09 bits per heavy atom. The highest BCUT2D eigenvalue weighted by atomic mass is 16.5. The van der Waals surface area contributed by atoms with Gasteiger partial charge in [0.15, 0.2) is 0 Å². The van der Waals surface area contributed by atoms with E-state index in [9.17, 15) is 4.79 Å². The molecule has 0 radical (unpaired) electrons. The summed E-state index contributed by atoms with van der Waals surface area (Å²) in [5, 5.41) is 6.81. The Labute approximate surface area is 136 Å². The number of anilines is 1. The van der Waals surface area contributed by atoms with Crippen LogP contribution in [0.1, 0.15) is 25.3 Å². The second kappa shape index (κ2) is 4.68. The number of fused-ring (bicyclic) bond motifs is 2. The average molecular weight is 310 g/mol. The minimum atomic E-state index is -0.527. The fourth-order valence-electron chi connectivity index (χ4n) is 5.39. The summed E-state index contributed by atoms with van der Waals surface area (Å²) in [6.45, 7) is 3.85. The van der Waals surface area contributed by atoms with E-state index in [2.05, 4.69) is 29.7 Å². The minimum Gasteiger partial charge on any atom is -0.376 e. The van der Waals surface area contributed by atoms with Crippen molar-refractivity contribution in [3.05, 3.63) is 41.5 Å². The smallest absolute Gasteiger partial charge is 0.237 e. The molecule has 2 N–H and O–H groups in total. The van der Waals surface area contributed by atoms with Crippen molar-refractivity contribution in [2.75, 3.05) is 18.5 Å². The highest BCUT2D eigenvalue weighted by Gasteiger charge is 2.60. The molecule has 1 spiro atoms. The zero-order valence-corrected chi connectivity index (χ0v) is 13.3. The van der Waals surface area contributed by atoms with E-state index in [4.69, 9.17) is 4.74 Å². The molecule has 4 nitrogen and oxygen atoms in total. The summed E-state index contributed by atoms with van der Waals surface area (Å²) in [6, 6.07) is 8.50. The highest BCUT2D eigenvalue weighted by Crippen LogP contribution is 2.54. The van der Waals surface area contributed by atoms with E-state index in [0.29, 0.717) is 17.9 Å². The number of carbonyl (C=O) groups is 1. The van der Waals surface area contributed by atoms with Gasteiger partial charge in [0.05, 0.1) is 12.7 Å². The fraction of sp³-hybridized carbons (Fsp3) is 0.526. The monoisotopic (exact) mass is 310 g/mol. The normalized spacial score (nSPS) is 42.7. The second-order valence-electron chi connectivity index (χ2n) is 7.35. The molecule has 120 valence electrons. The molecule has 5 atom stereocenters. The van der Waals surface area contributed by atoms with Crippen LogP contribution in [0.3, 0.4) is 0 Å². The zero-order valence-electron chi connectivity index (χ0n) is 13.3. The van der Waals surface area contributed by atoms with Crippen LogP contribution in [0.5, 0.6) is 0 Å². The lowest BCUT2D eigenvalue weighted by Gasteiger charge is -2.42. The third-order valence-corrected chi connectivity index (χ3v) is 6.56. The van der Waals surface area contributed by atoms with Gasteiger partial charge in [-0.25, -0.2) is 0 Å². The van der Waals surface area contributed by atoms with Crippen LogP contribution in [0.25, 0.3) is 0 Å². The van der Waals surface area contributed by atoms with Crippen LogP contribution in [0, 0.1) is 11.8 Å². The topological polar surface area (TPSA) is 50.4 Å². The van der Waals surface area contributed by atoms with Gasteiger partial charge in [-0.15, -0.1) is 0 Å². The molecule has 3 saturated heterocycles. The van der Waals surface area contributed by atoms with Crippen molar-refractivity contribution in [2.45, 2.75) is 37.3 Å². The van der Waals surface area contributed by atoms with Gasteiger partial charge in [0.1, 0.15) is 5.41 Å². The minimum absolute atomic E-state index is 0.0211. The van der Waals surface area contributed by atoms with E-state index in [-0.39, 0.29) is 12.0 Å². The number of piperidine rings is 1. The molecule has 4 aliphatic heterocycles. The van der Waals surface area contributed by atoms with E-state index in [1.165, 1.54) is 5.57 Å². The van der Waals surface area contributed by atoms with E-state index < -0.39 is 5.41 Å². The van der Waals surface area contributed by atoms with Crippen LogP contribution < -0.4 is 10.6 Å². The van der Waals surface area contributed by atoms with E-state index in [1.54, 1.807) is 0 Å². The van der Waals surface area contributed by atoms with Gasteiger partial charge in [-0.3, -0.25) is 4.79 Å². The van der Waals surface area contributed by atoms with Crippen LogP contribution in [-0.4, -0.2) is 31.2 Å². The Hall–Kier alpha value is -1.65. The molecule has 4 heteroatoms.